The second-order valence-electron chi connectivity index (χ2n) is 5.22. The van der Waals surface area contributed by atoms with Crippen LogP contribution in [0.1, 0.15) is 30.5 Å². The van der Waals surface area contributed by atoms with E-state index in [0.29, 0.717) is 0 Å². The average Bonchev–Trinajstić information content (AvgIpc) is 2.54. The van der Waals surface area contributed by atoms with Gasteiger partial charge in [-0.3, -0.25) is 0 Å². The Morgan fingerprint density at radius 3 is 2.05 bits per heavy atom. The van der Waals surface area contributed by atoms with Gasteiger partial charge in [0.05, 0.1) is 0 Å². The number of hydrogen-bond donors (Lipinski definition) is 0. The largest absolute Gasteiger partial charge is 0.134 e. The lowest BCUT2D eigenvalue weighted by molar-refractivity contribution is 1.19. The van der Waals surface area contributed by atoms with Gasteiger partial charge in [0, 0.05) is 0 Å². The molecule has 0 radical (unpaired) electrons. The summed E-state index contributed by atoms with van der Waals surface area (Å²) in [5.74, 6) is 0. The Kier molecular flexibility index (Phi) is 5.46. The highest BCUT2D eigenvalue weighted by atomic mass is 32.2. The molecule has 0 bridgehead atoms. The standard InChI is InChI=1S/C20H22S/c1-15(17(3)21-4)16(2)20-12-10-19(11-13-20)14-18-8-6-5-7-9-18/h5-13H,2,14H2,1,3-4H3/b17-15-. The van der Waals surface area contributed by atoms with Crippen molar-refractivity contribution < 1.29 is 0 Å². The van der Waals surface area contributed by atoms with Crippen LogP contribution in [-0.2, 0) is 6.42 Å². The van der Waals surface area contributed by atoms with Crippen LogP contribution in [0, 0.1) is 0 Å². The van der Waals surface area contributed by atoms with E-state index in [1.165, 1.54) is 27.2 Å². The van der Waals surface area contributed by atoms with Crippen molar-refractivity contribution in [3.8, 4) is 0 Å². The minimum Gasteiger partial charge on any atom is -0.134 e. The Bertz CT molecular complexity index is 633. The molecule has 0 heterocycles. The van der Waals surface area contributed by atoms with E-state index in [-0.39, 0.29) is 0 Å². The van der Waals surface area contributed by atoms with Crippen LogP contribution in [-0.4, -0.2) is 6.26 Å². The van der Waals surface area contributed by atoms with E-state index in [2.05, 4.69) is 81.3 Å². The molecule has 0 aliphatic heterocycles. The zero-order chi connectivity index (χ0) is 15.2. The Morgan fingerprint density at radius 2 is 1.48 bits per heavy atom. The van der Waals surface area contributed by atoms with E-state index >= 15 is 0 Å². The first-order valence-corrected chi connectivity index (χ1v) is 8.38. The number of benzene rings is 2. The molecule has 2 aromatic carbocycles. The Hall–Kier alpha value is -1.73. The summed E-state index contributed by atoms with van der Waals surface area (Å²) in [6.45, 7) is 8.53. The van der Waals surface area contributed by atoms with Gasteiger partial charge in [0.15, 0.2) is 0 Å². The average molecular weight is 294 g/mol. The summed E-state index contributed by atoms with van der Waals surface area (Å²) in [5.41, 5.74) is 6.28. The van der Waals surface area contributed by atoms with Crippen molar-refractivity contribution >= 4 is 17.3 Å². The maximum absolute atomic E-state index is 4.24. The van der Waals surface area contributed by atoms with Gasteiger partial charge in [-0.25, -0.2) is 0 Å². The molecule has 0 aliphatic carbocycles. The van der Waals surface area contributed by atoms with Crippen LogP contribution < -0.4 is 0 Å². The third kappa shape index (κ3) is 4.12. The van der Waals surface area contributed by atoms with E-state index in [1.54, 1.807) is 11.8 Å². The van der Waals surface area contributed by atoms with Crippen molar-refractivity contribution in [3.63, 3.8) is 0 Å². The van der Waals surface area contributed by atoms with Gasteiger partial charge in [0.1, 0.15) is 0 Å². The molecule has 108 valence electrons. The summed E-state index contributed by atoms with van der Waals surface area (Å²) in [7, 11) is 0. The van der Waals surface area contributed by atoms with E-state index in [9.17, 15) is 0 Å². The predicted molar refractivity (Wildman–Crippen MR) is 96.6 cm³/mol. The van der Waals surface area contributed by atoms with Gasteiger partial charge in [-0.05, 0) is 59.3 Å². The van der Waals surface area contributed by atoms with Crippen molar-refractivity contribution in [1.29, 1.82) is 0 Å². The summed E-state index contributed by atoms with van der Waals surface area (Å²) >= 11 is 1.78. The summed E-state index contributed by atoms with van der Waals surface area (Å²) in [6.07, 6.45) is 3.08. The lowest BCUT2D eigenvalue weighted by atomic mass is 9.97. The zero-order valence-corrected chi connectivity index (χ0v) is 13.8. The molecule has 2 aromatic rings. The SMILES string of the molecule is C=C(/C(C)=C(/C)SC)c1ccc(Cc2ccccc2)cc1. The van der Waals surface area contributed by atoms with E-state index in [4.69, 9.17) is 0 Å². The van der Waals surface area contributed by atoms with E-state index in [0.717, 1.165) is 12.0 Å². The fraction of sp³-hybridized carbons (Fsp3) is 0.200. The molecule has 0 aliphatic rings. The molecule has 0 amide bonds. The van der Waals surface area contributed by atoms with Gasteiger partial charge >= 0.3 is 0 Å². The number of hydrogen-bond acceptors (Lipinski definition) is 1. The van der Waals surface area contributed by atoms with Gasteiger partial charge in [0.25, 0.3) is 0 Å². The molecule has 1 heteroatoms. The molecule has 0 saturated carbocycles. The molecule has 0 saturated heterocycles. The summed E-state index contributed by atoms with van der Waals surface area (Å²) in [4.78, 5) is 1.33. The second kappa shape index (κ2) is 7.33. The molecule has 0 atom stereocenters. The minimum atomic E-state index is 0.978. The number of allylic oxidation sites excluding steroid dienone is 3. The van der Waals surface area contributed by atoms with Crippen LogP contribution in [0.3, 0.4) is 0 Å². The highest BCUT2D eigenvalue weighted by molar-refractivity contribution is 8.02. The van der Waals surface area contributed by atoms with Crippen LogP contribution in [0.4, 0.5) is 0 Å². The first kappa shape index (κ1) is 15.7. The third-order valence-electron chi connectivity index (χ3n) is 3.84. The van der Waals surface area contributed by atoms with Gasteiger partial charge in [0.2, 0.25) is 0 Å². The van der Waals surface area contributed by atoms with Gasteiger partial charge in [-0.2, -0.15) is 0 Å². The maximum atomic E-state index is 4.24. The zero-order valence-electron chi connectivity index (χ0n) is 13.0. The lowest BCUT2D eigenvalue weighted by Gasteiger charge is -2.10. The van der Waals surface area contributed by atoms with Crippen molar-refractivity contribution in [2.75, 3.05) is 6.26 Å². The molecule has 0 N–H and O–H groups in total. The van der Waals surface area contributed by atoms with Crippen LogP contribution in [0.5, 0.6) is 0 Å². The highest BCUT2D eigenvalue weighted by Crippen LogP contribution is 2.27. The lowest BCUT2D eigenvalue weighted by Crippen LogP contribution is -1.91. The van der Waals surface area contributed by atoms with Gasteiger partial charge in [-0.15, -0.1) is 11.8 Å². The van der Waals surface area contributed by atoms with Crippen molar-refractivity contribution in [3.05, 3.63) is 88.3 Å². The van der Waals surface area contributed by atoms with Crippen molar-refractivity contribution in [2.24, 2.45) is 0 Å². The molecule has 0 nitrogen and oxygen atoms in total. The molecule has 2 rings (SSSR count). The molecule has 21 heavy (non-hydrogen) atoms. The predicted octanol–water partition coefficient (Wildman–Crippen LogP) is 5.95. The fourth-order valence-electron chi connectivity index (χ4n) is 2.24. The monoisotopic (exact) mass is 294 g/mol. The molecule has 0 fully saturated rings. The Morgan fingerprint density at radius 1 is 0.905 bits per heavy atom. The Balaban J connectivity index is 2.14. The summed E-state index contributed by atoms with van der Waals surface area (Å²) in [5, 5.41) is 0. The maximum Gasteiger partial charge on any atom is -0.00258 e. The van der Waals surface area contributed by atoms with Crippen LogP contribution in [0.25, 0.3) is 5.57 Å². The molecule has 0 unspecified atom stereocenters. The minimum absolute atomic E-state index is 0.978. The molecular weight excluding hydrogens is 272 g/mol. The number of rotatable bonds is 5. The fourth-order valence-corrected chi connectivity index (χ4v) is 2.67. The number of thioether (sulfide) groups is 1. The van der Waals surface area contributed by atoms with Crippen molar-refractivity contribution in [2.45, 2.75) is 20.3 Å². The quantitative estimate of drug-likeness (QED) is 0.614. The van der Waals surface area contributed by atoms with Gasteiger partial charge < -0.3 is 0 Å². The second-order valence-corrected chi connectivity index (χ2v) is 6.24. The topological polar surface area (TPSA) is 0 Å². The van der Waals surface area contributed by atoms with Gasteiger partial charge in [-0.1, -0.05) is 61.2 Å². The smallest absolute Gasteiger partial charge is 0.00258 e. The molecule has 0 spiro atoms. The van der Waals surface area contributed by atoms with Crippen LogP contribution in [0.2, 0.25) is 0 Å². The van der Waals surface area contributed by atoms with Crippen molar-refractivity contribution in [1.82, 2.24) is 0 Å². The molecule has 0 aromatic heterocycles. The Labute approximate surface area is 132 Å². The summed E-state index contributed by atoms with van der Waals surface area (Å²) in [6, 6.07) is 19.3. The normalized spacial score (nSPS) is 12.0. The van der Waals surface area contributed by atoms with E-state index in [1.807, 2.05) is 0 Å². The summed E-state index contributed by atoms with van der Waals surface area (Å²) < 4.78 is 0. The first-order valence-electron chi connectivity index (χ1n) is 7.16. The van der Waals surface area contributed by atoms with Crippen LogP contribution in [0.15, 0.2) is 71.7 Å². The highest BCUT2D eigenvalue weighted by Gasteiger charge is 2.05. The third-order valence-corrected chi connectivity index (χ3v) is 4.76. The first-order chi connectivity index (χ1) is 10.1. The van der Waals surface area contributed by atoms with E-state index < -0.39 is 0 Å². The van der Waals surface area contributed by atoms with Crippen LogP contribution >= 0.6 is 11.8 Å². The molecular formula is C20H22S.